The number of halogens is 2. The Hall–Kier alpha value is -2.66. The SMILES string of the molecule is O=C(Nc1ccc(Br)cc1F)C(Sc1ccc(NS(=O)(=O)c2cccs2)cc1)c1ccccc1. The van der Waals surface area contributed by atoms with Crippen molar-refractivity contribution >= 4 is 66.3 Å². The number of hydrogen-bond donors (Lipinski definition) is 2. The van der Waals surface area contributed by atoms with Gasteiger partial charge >= 0.3 is 0 Å². The zero-order valence-corrected chi connectivity index (χ0v) is 21.5. The molecular formula is C24H18BrFN2O3S3. The topological polar surface area (TPSA) is 75.3 Å². The molecule has 5 nitrogen and oxygen atoms in total. The zero-order valence-electron chi connectivity index (χ0n) is 17.4. The normalized spacial score (nSPS) is 12.2. The molecule has 0 radical (unpaired) electrons. The molecular weight excluding hydrogens is 559 g/mol. The van der Waals surface area contributed by atoms with Gasteiger partial charge in [0.25, 0.3) is 10.0 Å². The molecule has 4 aromatic rings. The minimum Gasteiger partial charge on any atom is -0.322 e. The number of rotatable bonds is 8. The van der Waals surface area contributed by atoms with Gasteiger partial charge in [-0.3, -0.25) is 9.52 Å². The standard InChI is InChI=1S/C24H18BrFN2O3S3/c25-17-8-13-21(20(26)15-17)27-24(29)23(16-5-2-1-3-6-16)33-19-11-9-18(10-12-19)28-34(30,31)22-7-4-14-32-22/h1-15,23,28H,(H,27,29). The van der Waals surface area contributed by atoms with Gasteiger partial charge < -0.3 is 5.32 Å². The lowest BCUT2D eigenvalue weighted by Crippen LogP contribution is -2.19. The Balaban J connectivity index is 1.53. The van der Waals surface area contributed by atoms with E-state index in [1.165, 1.54) is 30.0 Å². The molecule has 0 bridgehead atoms. The highest BCUT2D eigenvalue weighted by molar-refractivity contribution is 9.10. The minimum atomic E-state index is -3.65. The molecule has 0 aliphatic rings. The van der Waals surface area contributed by atoms with Crippen LogP contribution in [-0.2, 0) is 14.8 Å². The van der Waals surface area contributed by atoms with Gasteiger partial charge in [0, 0.05) is 15.1 Å². The van der Waals surface area contributed by atoms with Gasteiger partial charge in [-0.2, -0.15) is 0 Å². The van der Waals surface area contributed by atoms with E-state index in [0.717, 1.165) is 21.8 Å². The predicted molar refractivity (Wildman–Crippen MR) is 139 cm³/mol. The Morgan fingerprint density at radius 2 is 1.71 bits per heavy atom. The summed E-state index contributed by atoms with van der Waals surface area (Å²) in [4.78, 5) is 13.9. The average Bonchev–Trinajstić information content (AvgIpc) is 3.37. The molecule has 1 unspecified atom stereocenters. The maximum absolute atomic E-state index is 14.3. The molecule has 2 N–H and O–H groups in total. The lowest BCUT2D eigenvalue weighted by molar-refractivity contribution is -0.115. The van der Waals surface area contributed by atoms with E-state index >= 15 is 0 Å². The number of sulfonamides is 1. The van der Waals surface area contributed by atoms with Crippen LogP contribution in [0.15, 0.2) is 104 Å². The summed E-state index contributed by atoms with van der Waals surface area (Å²) in [7, 11) is -3.65. The summed E-state index contributed by atoms with van der Waals surface area (Å²) in [6, 6.07) is 23.6. The van der Waals surface area contributed by atoms with E-state index in [1.807, 2.05) is 30.3 Å². The smallest absolute Gasteiger partial charge is 0.271 e. The third-order valence-electron chi connectivity index (χ3n) is 4.65. The Bertz CT molecular complexity index is 1380. The van der Waals surface area contributed by atoms with Crippen molar-refractivity contribution in [3.63, 3.8) is 0 Å². The summed E-state index contributed by atoms with van der Waals surface area (Å²) in [6.45, 7) is 0. The number of hydrogen-bond acceptors (Lipinski definition) is 5. The van der Waals surface area contributed by atoms with E-state index in [0.29, 0.717) is 10.2 Å². The van der Waals surface area contributed by atoms with Crippen LogP contribution in [0.2, 0.25) is 0 Å². The van der Waals surface area contributed by atoms with Crippen molar-refractivity contribution in [1.29, 1.82) is 0 Å². The summed E-state index contributed by atoms with van der Waals surface area (Å²) < 4.78 is 42.5. The van der Waals surface area contributed by atoms with Crippen molar-refractivity contribution in [2.45, 2.75) is 14.4 Å². The Morgan fingerprint density at radius 3 is 2.35 bits per heavy atom. The second kappa shape index (κ2) is 10.7. The molecule has 0 fully saturated rings. The van der Waals surface area contributed by atoms with Crippen molar-refractivity contribution in [3.05, 3.63) is 106 Å². The summed E-state index contributed by atoms with van der Waals surface area (Å²) in [5.74, 6) is -0.915. The first-order valence-electron chi connectivity index (χ1n) is 9.96. The van der Waals surface area contributed by atoms with Crippen LogP contribution in [-0.4, -0.2) is 14.3 Å². The van der Waals surface area contributed by atoms with Crippen LogP contribution in [0.5, 0.6) is 0 Å². The van der Waals surface area contributed by atoms with Crippen LogP contribution < -0.4 is 10.0 Å². The van der Waals surface area contributed by atoms with Gasteiger partial charge in [0.1, 0.15) is 15.3 Å². The number of thiophene rings is 1. The highest BCUT2D eigenvalue weighted by Gasteiger charge is 2.23. The van der Waals surface area contributed by atoms with E-state index in [-0.39, 0.29) is 15.8 Å². The molecule has 1 amide bonds. The minimum absolute atomic E-state index is 0.0908. The van der Waals surface area contributed by atoms with Crippen LogP contribution >= 0.6 is 39.0 Å². The maximum atomic E-state index is 14.3. The molecule has 4 rings (SSSR count). The number of thioether (sulfide) groups is 1. The van der Waals surface area contributed by atoms with E-state index in [9.17, 15) is 17.6 Å². The summed E-state index contributed by atoms with van der Waals surface area (Å²) in [5, 5.41) is 3.71. The van der Waals surface area contributed by atoms with Crippen LogP contribution in [0.4, 0.5) is 15.8 Å². The fourth-order valence-electron chi connectivity index (χ4n) is 3.05. The van der Waals surface area contributed by atoms with Crippen molar-refractivity contribution in [2.75, 3.05) is 10.0 Å². The number of amides is 1. The summed E-state index contributed by atoms with van der Waals surface area (Å²) >= 11 is 5.63. The Morgan fingerprint density at radius 1 is 0.971 bits per heavy atom. The second-order valence-corrected chi connectivity index (χ2v) is 12.0. The number of benzene rings is 3. The number of carbonyl (C=O) groups is 1. The van der Waals surface area contributed by atoms with Crippen LogP contribution in [0.25, 0.3) is 0 Å². The van der Waals surface area contributed by atoms with E-state index < -0.39 is 21.1 Å². The van der Waals surface area contributed by atoms with E-state index in [2.05, 4.69) is 26.0 Å². The largest absolute Gasteiger partial charge is 0.322 e. The molecule has 1 atom stereocenters. The van der Waals surface area contributed by atoms with Crippen LogP contribution in [0.1, 0.15) is 10.8 Å². The first kappa shape index (κ1) is 24.5. The maximum Gasteiger partial charge on any atom is 0.271 e. The van der Waals surface area contributed by atoms with Gasteiger partial charge in [-0.05, 0) is 59.5 Å². The van der Waals surface area contributed by atoms with Crippen molar-refractivity contribution in [2.24, 2.45) is 0 Å². The molecule has 1 aromatic heterocycles. The Kier molecular flexibility index (Phi) is 7.72. The predicted octanol–water partition coefficient (Wildman–Crippen LogP) is 6.92. The average molecular weight is 578 g/mol. The first-order chi connectivity index (χ1) is 16.3. The van der Waals surface area contributed by atoms with Crippen molar-refractivity contribution in [3.8, 4) is 0 Å². The van der Waals surface area contributed by atoms with Crippen LogP contribution in [0.3, 0.4) is 0 Å². The molecule has 10 heteroatoms. The molecule has 174 valence electrons. The lowest BCUT2D eigenvalue weighted by atomic mass is 10.1. The fraction of sp³-hybridized carbons (Fsp3) is 0.0417. The molecule has 0 saturated heterocycles. The second-order valence-electron chi connectivity index (χ2n) is 7.08. The zero-order chi connectivity index (χ0) is 24.1. The van der Waals surface area contributed by atoms with Gasteiger partial charge in [0.2, 0.25) is 5.91 Å². The van der Waals surface area contributed by atoms with Crippen LogP contribution in [0, 0.1) is 5.82 Å². The number of carbonyl (C=O) groups excluding carboxylic acids is 1. The molecule has 0 spiro atoms. The molecule has 0 aliphatic heterocycles. The van der Waals surface area contributed by atoms with Crippen molar-refractivity contribution < 1.29 is 17.6 Å². The highest BCUT2D eigenvalue weighted by atomic mass is 79.9. The monoisotopic (exact) mass is 576 g/mol. The van der Waals surface area contributed by atoms with Crippen molar-refractivity contribution in [1.82, 2.24) is 0 Å². The molecule has 34 heavy (non-hydrogen) atoms. The number of anilines is 2. The number of nitrogens with one attached hydrogen (secondary N) is 2. The fourth-order valence-corrected chi connectivity index (χ4v) is 6.46. The third-order valence-corrected chi connectivity index (χ3v) is 9.19. The third kappa shape index (κ3) is 6.06. The summed E-state index contributed by atoms with van der Waals surface area (Å²) in [5.41, 5.74) is 1.26. The van der Waals surface area contributed by atoms with Gasteiger partial charge in [-0.15, -0.1) is 23.1 Å². The lowest BCUT2D eigenvalue weighted by Gasteiger charge is -2.18. The Labute approximate surface area is 213 Å². The first-order valence-corrected chi connectivity index (χ1v) is 14.0. The van der Waals surface area contributed by atoms with Gasteiger partial charge in [0.15, 0.2) is 0 Å². The molecule has 0 saturated carbocycles. The summed E-state index contributed by atoms with van der Waals surface area (Å²) in [6.07, 6.45) is 0. The molecule has 0 aliphatic carbocycles. The van der Waals surface area contributed by atoms with E-state index in [1.54, 1.807) is 41.8 Å². The van der Waals surface area contributed by atoms with Gasteiger partial charge in [-0.25, -0.2) is 12.8 Å². The molecule has 1 heterocycles. The quantitative estimate of drug-likeness (QED) is 0.223. The van der Waals surface area contributed by atoms with E-state index in [4.69, 9.17) is 0 Å². The van der Waals surface area contributed by atoms with Gasteiger partial charge in [-0.1, -0.05) is 52.3 Å². The van der Waals surface area contributed by atoms with Gasteiger partial charge in [0.05, 0.1) is 5.69 Å². The molecule has 3 aromatic carbocycles. The highest BCUT2D eigenvalue weighted by Crippen LogP contribution is 2.37.